The number of ether oxygens (including phenoxy) is 1. The molecular weight excluding hydrogens is 495 g/mol. The van der Waals surface area contributed by atoms with Crippen LogP contribution in [0.5, 0.6) is 0 Å². The molecule has 2 aliphatic rings. The molecule has 0 radical (unpaired) electrons. The van der Waals surface area contributed by atoms with E-state index in [9.17, 15) is 13.2 Å². The van der Waals surface area contributed by atoms with Crippen molar-refractivity contribution in [1.29, 1.82) is 0 Å². The lowest BCUT2D eigenvalue weighted by molar-refractivity contribution is -0.137. The van der Waals surface area contributed by atoms with Gasteiger partial charge in [0, 0.05) is 62.2 Å². The van der Waals surface area contributed by atoms with Crippen LogP contribution < -0.4 is 20.0 Å². The minimum atomic E-state index is -4.46. The van der Waals surface area contributed by atoms with Crippen LogP contribution in [0.15, 0.2) is 48.7 Å². The van der Waals surface area contributed by atoms with Crippen LogP contribution in [0.4, 0.5) is 42.3 Å². The molecule has 0 saturated carbocycles. The highest BCUT2D eigenvalue weighted by atomic mass is 35.5. The summed E-state index contributed by atoms with van der Waals surface area (Å²) in [5.74, 6) is 1.85. The predicted octanol–water partition coefficient (Wildman–Crippen LogP) is 4.45. The summed E-state index contributed by atoms with van der Waals surface area (Å²) < 4.78 is 46.0. The van der Waals surface area contributed by atoms with Crippen LogP contribution in [-0.2, 0) is 10.9 Å². The first kappa shape index (κ1) is 24.4. The highest BCUT2D eigenvalue weighted by Crippen LogP contribution is 2.35. The number of benzene rings is 1. The second-order valence-electron chi connectivity index (χ2n) is 8.49. The third-order valence-electron chi connectivity index (χ3n) is 6.11. The molecule has 1 N–H and O–H groups in total. The van der Waals surface area contributed by atoms with Gasteiger partial charge in [0.05, 0.1) is 18.8 Å². The van der Waals surface area contributed by atoms with Crippen molar-refractivity contribution in [3.05, 3.63) is 59.2 Å². The summed E-state index contributed by atoms with van der Waals surface area (Å²) >= 11 is 6.13. The summed E-state index contributed by atoms with van der Waals surface area (Å²) in [6, 6.07) is 11.6. The molecule has 5 rings (SSSR count). The van der Waals surface area contributed by atoms with E-state index < -0.39 is 11.7 Å². The lowest BCUT2D eigenvalue weighted by Crippen LogP contribution is -2.47. The Kier molecular flexibility index (Phi) is 7.01. The number of halogens is 4. The molecule has 8 nitrogen and oxygen atoms in total. The van der Waals surface area contributed by atoms with Crippen molar-refractivity contribution in [3.8, 4) is 0 Å². The molecule has 2 saturated heterocycles. The van der Waals surface area contributed by atoms with Gasteiger partial charge in [-0.05, 0) is 30.3 Å². The second kappa shape index (κ2) is 10.4. The molecule has 0 bridgehead atoms. The smallest absolute Gasteiger partial charge is 0.378 e. The van der Waals surface area contributed by atoms with E-state index in [4.69, 9.17) is 26.3 Å². The quantitative estimate of drug-likeness (QED) is 0.530. The molecule has 3 aromatic rings. The van der Waals surface area contributed by atoms with Crippen LogP contribution >= 0.6 is 11.6 Å². The SMILES string of the molecule is FC(F)(F)c1cccnc1N1CCN(c2cc(N3CCOCC3)nc(Nc3cccc(Cl)c3)n2)CC1. The summed E-state index contributed by atoms with van der Waals surface area (Å²) in [4.78, 5) is 19.3. The molecule has 2 aromatic heterocycles. The van der Waals surface area contributed by atoms with Gasteiger partial charge in [-0.15, -0.1) is 0 Å². The summed E-state index contributed by atoms with van der Waals surface area (Å²) in [5.41, 5.74) is 0.0373. The topological polar surface area (TPSA) is 69.7 Å². The maximum Gasteiger partial charge on any atom is 0.419 e. The van der Waals surface area contributed by atoms with E-state index in [-0.39, 0.29) is 5.82 Å². The lowest BCUT2D eigenvalue weighted by atomic mass is 10.2. The molecule has 36 heavy (non-hydrogen) atoms. The number of rotatable bonds is 5. The number of pyridine rings is 1. The molecular formula is C24H25ClF3N7O. The van der Waals surface area contributed by atoms with E-state index in [0.717, 1.165) is 17.6 Å². The normalized spacial score (nSPS) is 16.8. The summed E-state index contributed by atoms with van der Waals surface area (Å²) in [6.07, 6.45) is -3.06. The van der Waals surface area contributed by atoms with Crippen LogP contribution in [0.25, 0.3) is 0 Å². The molecule has 0 atom stereocenters. The van der Waals surface area contributed by atoms with Crippen molar-refractivity contribution in [2.45, 2.75) is 6.18 Å². The molecule has 0 amide bonds. The number of morpholine rings is 1. The Morgan fingerprint density at radius 3 is 2.17 bits per heavy atom. The predicted molar refractivity (Wildman–Crippen MR) is 133 cm³/mol. The molecule has 0 spiro atoms. The van der Waals surface area contributed by atoms with Crippen LogP contribution in [0, 0.1) is 0 Å². The van der Waals surface area contributed by atoms with Crippen molar-refractivity contribution in [3.63, 3.8) is 0 Å². The summed E-state index contributed by atoms with van der Waals surface area (Å²) in [6.45, 7) is 4.39. The van der Waals surface area contributed by atoms with E-state index in [1.54, 1.807) is 17.0 Å². The number of anilines is 5. The van der Waals surface area contributed by atoms with E-state index in [0.29, 0.717) is 69.3 Å². The first-order valence-corrected chi connectivity index (χ1v) is 12.0. The molecule has 190 valence electrons. The molecule has 4 heterocycles. The number of nitrogens with zero attached hydrogens (tertiary/aromatic N) is 6. The van der Waals surface area contributed by atoms with Gasteiger partial charge < -0.3 is 24.8 Å². The zero-order valence-electron chi connectivity index (χ0n) is 19.4. The Morgan fingerprint density at radius 2 is 1.50 bits per heavy atom. The van der Waals surface area contributed by atoms with Gasteiger partial charge in [-0.1, -0.05) is 17.7 Å². The first-order chi connectivity index (χ1) is 17.4. The van der Waals surface area contributed by atoms with E-state index in [2.05, 4.69) is 20.1 Å². The number of hydrogen-bond acceptors (Lipinski definition) is 8. The number of hydrogen-bond donors (Lipinski definition) is 1. The minimum absolute atomic E-state index is 0.0374. The monoisotopic (exact) mass is 519 g/mol. The van der Waals surface area contributed by atoms with Crippen LogP contribution in [0.2, 0.25) is 5.02 Å². The zero-order chi connectivity index (χ0) is 25.1. The number of nitrogens with one attached hydrogen (secondary N) is 1. The number of piperazine rings is 1. The standard InChI is InChI=1S/C24H25ClF3N7O/c25-17-3-1-4-18(15-17)30-23-31-20(16-21(32-23)34-11-13-36-14-12-34)33-7-9-35(10-8-33)22-19(24(26,27)28)5-2-6-29-22/h1-6,15-16H,7-14H2,(H,30,31,32). The third-order valence-corrected chi connectivity index (χ3v) is 6.35. The van der Waals surface area contributed by atoms with Gasteiger partial charge >= 0.3 is 6.18 Å². The zero-order valence-corrected chi connectivity index (χ0v) is 20.1. The molecule has 12 heteroatoms. The van der Waals surface area contributed by atoms with Crippen molar-refractivity contribution < 1.29 is 17.9 Å². The maximum absolute atomic E-state index is 13.5. The minimum Gasteiger partial charge on any atom is -0.378 e. The van der Waals surface area contributed by atoms with Gasteiger partial charge in [0.25, 0.3) is 0 Å². The van der Waals surface area contributed by atoms with Crippen molar-refractivity contribution in [2.24, 2.45) is 0 Å². The molecule has 0 unspecified atom stereocenters. The highest BCUT2D eigenvalue weighted by Gasteiger charge is 2.36. The Labute approximate surface area is 211 Å². The van der Waals surface area contributed by atoms with Crippen molar-refractivity contribution >= 4 is 40.7 Å². The Hall–Kier alpha value is -3.31. The van der Waals surface area contributed by atoms with Crippen molar-refractivity contribution in [1.82, 2.24) is 15.0 Å². The summed E-state index contributed by atoms with van der Waals surface area (Å²) in [7, 11) is 0. The molecule has 0 aliphatic carbocycles. The van der Waals surface area contributed by atoms with Gasteiger partial charge in [-0.3, -0.25) is 0 Å². The second-order valence-corrected chi connectivity index (χ2v) is 8.93. The lowest BCUT2D eigenvalue weighted by Gasteiger charge is -2.37. The van der Waals surface area contributed by atoms with Crippen LogP contribution in [0.3, 0.4) is 0 Å². The molecule has 2 fully saturated rings. The fourth-order valence-corrected chi connectivity index (χ4v) is 4.50. The van der Waals surface area contributed by atoms with Gasteiger partial charge in [0.15, 0.2) is 0 Å². The first-order valence-electron chi connectivity index (χ1n) is 11.6. The Morgan fingerprint density at radius 1 is 0.833 bits per heavy atom. The van der Waals surface area contributed by atoms with Gasteiger partial charge in [0.2, 0.25) is 5.95 Å². The Balaban J connectivity index is 1.38. The fourth-order valence-electron chi connectivity index (χ4n) is 4.31. The van der Waals surface area contributed by atoms with E-state index >= 15 is 0 Å². The van der Waals surface area contributed by atoms with Gasteiger partial charge in [0.1, 0.15) is 17.5 Å². The summed E-state index contributed by atoms with van der Waals surface area (Å²) in [5, 5.41) is 3.82. The number of aromatic nitrogens is 3. The average Bonchev–Trinajstić information content (AvgIpc) is 2.89. The highest BCUT2D eigenvalue weighted by molar-refractivity contribution is 6.30. The van der Waals surface area contributed by atoms with E-state index in [1.807, 2.05) is 18.2 Å². The van der Waals surface area contributed by atoms with Crippen LogP contribution in [-0.4, -0.2) is 67.4 Å². The average molecular weight is 520 g/mol. The fraction of sp³-hybridized carbons (Fsp3) is 0.375. The largest absolute Gasteiger partial charge is 0.419 e. The third kappa shape index (κ3) is 5.57. The van der Waals surface area contributed by atoms with Gasteiger partial charge in [-0.25, -0.2) is 4.98 Å². The molecule has 1 aromatic carbocycles. The maximum atomic E-state index is 13.5. The van der Waals surface area contributed by atoms with E-state index in [1.165, 1.54) is 12.3 Å². The van der Waals surface area contributed by atoms with Crippen LogP contribution in [0.1, 0.15) is 5.56 Å². The van der Waals surface area contributed by atoms with Crippen molar-refractivity contribution in [2.75, 3.05) is 72.5 Å². The molecule has 2 aliphatic heterocycles. The van der Waals surface area contributed by atoms with Gasteiger partial charge in [-0.2, -0.15) is 23.1 Å². The Bertz CT molecular complexity index is 1200. The number of alkyl halides is 3.